The summed E-state index contributed by atoms with van der Waals surface area (Å²) in [6.45, 7) is 9.94. The quantitative estimate of drug-likeness (QED) is 0.696. The van der Waals surface area contributed by atoms with Crippen LogP contribution in [-0.4, -0.2) is 38.0 Å². The van der Waals surface area contributed by atoms with E-state index >= 15 is 0 Å². The Morgan fingerprint density at radius 2 is 1.69 bits per heavy atom. The van der Waals surface area contributed by atoms with Gasteiger partial charge in [-0.2, -0.15) is 0 Å². The maximum Gasteiger partial charge on any atom is 0.189 e. The van der Waals surface area contributed by atoms with Crippen LogP contribution in [0.5, 0.6) is 0 Å². The first-order valence-corrected chi connectivity index (χ1v) is 10.6. The van der Waals surface area contributed by atoms with Crippen LogP contribution in [0.1, 0.15) is 79.1 Å². The third-order valence-corrected chi connectivity index (χ3v) is 8.88. The van der Waals surface area contributed by atoms with E-state index in [0.29, 0.717) is 11.3 Å². The number of ether oxygens (including phenoxy) is 4. The molecule has 4 rings (SSSR count). The Hall–Kier alpha value is -0.160. The Morgan fingerprint density at radius 3 is 2.38 bits per heavy atom. The van der Waals surface area contributed by atoms with E-state index in [9.17, 15) is 0 Å². The average Bonchev–Trinajstić information content (AvgIpc) is 3.15. The van der Waals surface area contributed by atoms with E-state index in [1.165, 1.54) is 32.1 Å². The van der Waals surface area contributed by atoms with Crippen LogP contribution < -0.4 is 0 Å². The second-order valence-corrected chi connectivity index (χ2v) is 10.4. The van der Waals surface area contributed by atoms with Gasteiger partial charge < -0.3 is 18.9 Å². The zero-order valence-electron chi connectivity index (χ0n) is 17.6. The smallest absolute Gasteiger partial charge is 0.189 e. The van der Waals surface area contributed by atoms with Crippen LogP contribution in [-0.2, 0) is 18.9 Å². The van der Waals surface area contributed by atoms with Crippen LogP contribution in [0.4, 0.5) is 0 Å². The van der Waals surface area contributed by atoms with Gasteiger partial charge in [-0.15, -0.1) is 0 Å². The molecule has 26 heavy (non-hydrogen) atoms. The van der Waals surface area contributed by atoms with Crippen molar-refractivity contribution in [3.05, 3.63) is 0 Å². The topological polar surface area (TPSA) is 36.9 Å². The van der Waals surface area contributed by atoms with Gasteiger partial charge in [0.15, 0.2) is 12.6 Å². The number of hydrogen-bond acceptors (Lipinski definition) is 4. The first-order chi connectivity index (χ1) is 12.2. The highest BCUT2D eigenvalue weighted by Crippen LogP contribution is 2.68. The Morgan fingerprint density at radius 1 is 0.923 bits per heavy atom. The van der Waals surface area contributed by atoms with Crippen molar-refractivity contribution >= 4 is 0 Å². The van der Waals surface area contributed by atoms with Gasteiger partial charge in [0.1, 0.15) is 5.60 Å². The van der Waals surface area contributed by atoms with Gasteiger partial charge in [0.05, 0.1) is 5.60 Å². The molecular weight excluding hydrogens is 328 g/mol. The Bertz CT molecular complexity index is 548. The minimum absolute atomic E-state index is 0.0591. The molecule has 0 bridgehead atoms. The molecule has 0 amide bonds. The minimum atomic E-state index is -0.351. The van der Waals surface area contributed by atoms with E-state index in [1.807, 2.05) is 0 Å². The standard InChI is InChI=1S/C22H38O4/c1-15-8-9-16-19(2,3)10-7-11-20(16,4)22(15)13-12-21(26-22)14-17(23-5)25-18(21)24-6/h15-18H,7-14H2,1-6H3/t15-,16+,17+,18-,20+,21+,22-/m0/s1. The van der Waals surface area contributed by atoms with Crippen molar-refractivity contribution in [3.8, 4) is 0 Å². The van der Waals surface area contributed by atoms with Gasteiger partial charge in [0, 0.05) is 26.1 Å². The van der Waals surface area contributed by atoms with Gasteiger partial charge in [0.25, 0.3) is 0 Å². The number of rotatable bonds is 2. The molecule has 2 aliphatic heterocycles. The molecule has 4 fully saturated rings. The molecule has 2 aliphatic carbocycles. The monoisotopic (exact) mass is 366 g/mol. The van der Waals surface area contributed by atoms with Crippen molar-refractivity contribution in [2.75, 3.05) is 14.2 Å². The second-order valence-electron chi connectivity index (χ2n) is 10.4. The Kier molecular flexibility index (Phi) is 4.55. The third kappa shape index (κ3) is 2.41. The lowest BCUT2D eigenvalue weighted by Gasteiger charge is -2.64. The predicted molar refractivity (Wildman–Crippen MR) is 101 cm³/mol. The fourth-order valence-corrected chi connectivity index (χ4v) is 7.57. The lowest BCUT2D eigenvalue weighted by Crippen LogP contribution is -2.63. The molecule has 0 radical (unpaired) electrons. The fraction of sp³-hybridized carbons (Fsp3) is 1.00. The highest BCUT2D eigenvalue weighted by atomic mass is 16.8. The van der Waals surface area contributed by atoms with Crippen LogP contribution in [0, 0.1) is 22.7 Å². The largest absolute Gasteiger partial charge is 0.362 e. The molecule has 7 atom stereocenters. The Labute approximate surface area is 159 Å². The molecule has 4 heteroatoms. The molecule has 2 saturated carbocycles. The number of hydrogen-bond donors (Lipinski definition) is 0. The molecule has 4 aliphatic rings. The van der Waals surface area contributed by atoms with Gasteiger partial charge in [-0.25, -0.2) is 0 Å². The first-order valence-electron chi connectivity index (χ1n) is 10.6. The zero-order valence-corrected chi connectivity index (χ0v) is 17.6. The number of methoxy groups -OCH3 is 2. The molecule has 2 spiro atoms. The van der Waals surface area contributed by atoms with Crippen molar-refractivity contribution in [1.82, 2.24) is 0 Å². The summed E-state index contributed by atoms with van der Waals surface area (Å²) in [7, 11) is 3.45. The van der Waals surface area contributed by atoms with Crippen LogP contribution in [0.2, 0.25) is 0 Å². The summed E-state index contributed by atoms with van der Waals surface area (Å²) in [4.78, 5) is 0. The molecule has 150 valence electrons. The molecular formula is C22H38O4. The third-order valence-electron chi connectivity index (χ3n) is 8.88. The van der Waals surface area contributed by atoms with Gasteiger partial charge >= 0.3 is 0 Å². The van der Waals surface area contributed by atoms with E-state index in [2.05, 4.69) is 27.7 Å². The fourth-order valence-electron chi connectivity index (χ4n) is 7.57. The molecule has 2 saturated heterocycles. The van der Waals surface area contributed by atoms with Crippen LogP contribution in [0.25, 0.3) is 0 Å². The molecule has 4 nitrogen and oxygen atoms in total. The van der Waals surface area contributed by atoms with Crippen LogP contribution in [0.3, 0.4) is 0 Å². The SMILES string of the molecule is CO[C@H]1C[C@]2(CC[C@]3(O2)[C@@H](C)CC[C@@H]2C(C)(C)CCC[C@]23C)[C@@H](OC)O1. The minimum Gasteiger partial charge on any atom is -0.362 e. The summed E-state index contributed by atoms with van der Waals surface area (Å²) in [6, 6.07) is 0. The second kappa shape index (κ2) is 6.17. The summed E-state index contributed by atoms with van der Waals surface area (Å²) >= 11 is 0. The maximum atomic E-state index is 7.22. The summed E-state index contributed by atoms with van der Waals surface area (Å²) in [5.74, 6) is 1.31. The summed E-state index contributed by atoms with van der Waals surface area (Å²) in [5.41, 5.74) is 0.229. The molecule has 0 aromatic carbocycles. The normalized spacial score (nSPS) is 53.3. The van der Waals surface area contributed by atoms with Crippen molar-refractivity contribution in [3.63, 3.8) is 0 Å². The summed E-state index contributed by atoms with van der Waals surface area (Å²) in [6.07, 6.45) is 8.93. The van der Waals surface area contributed by atoms with E-state index in [4.69, 9.17) is 18.9 Å². The van der Waals surface area contributed by atoms with Crippen molar-refractivity contribution in [1.29, 1.82) is 0 Å². The zero-order chi connectivity index (χ0) is 18.8. The van der Waals surface area contributed by atoms with E-state index in [1.54, 1.807) is 14.2 Å². The van der Waals surface area contributed by atoms with Crippen molar-refractivity contribution in [2.24, 2.45) is 22.7 Å². The van der Waals surface area contributed by atoms with Gasteiger partial charge in [-0.05, 0) is 55.8 Å². The van der Waals surface area contributed by atoms with Crippen LogP contribution >= 0.6 is 0 Å². The maximum absolute atomic E-state index is 7.22. The van der Waals surface area contributed by atoms with Crippen molar-refractivity contribution < 1.29 is 18.9 Å². The molecule has 0 unspecified atom stereocenters. The Balaban J connectivity index is 1.71. The van der Waals surface area contributed by atoms with Gasteiger partial charge in [-0.1, -0.05) is 34.1 Å². The average molecular weight is 367 g/mol. The van der Waals surface area contributed by atoms with E-state index < -0.39 is 0 Å². The molecule has 2 heterocycles. The predicted octanol–water partition coefficient (Wildman–Crippen LogP) is 4.90. The highest BCUT2D eigenvalue weighted by molar-refractivity contribution is 5.16. The lowest BCUT2D eigenvalue weighted by molar-refractivity contribution is -0.281. The number of fused-ring (bicyclic) bond motifs is 2. The highest BCUT2D eigenvalue weighted by Gasteiger charge is 2.69. The summed E-state index contributed by atoms with van der Waals surface area (Å²) < 4.78 is 24.5. The van der Waals surface area contributed by atoms with Gasteiger partial charge in [0.2, 0.25) is 0 Å². The molecule has 0 aromatic rings. The van der Waals surface area contributed by atoms with E-state index in [-0.39, 0.29) is 29.2 Å². The molecule has 0 N–H and O–H groups in total. The summed E-state index contributed by atoms with van der Waals surface area (Å²) in [5, 5.41) is 0. The van der Waals surface area contributed by atoms with Gasteiger partial charge in [-0.3, -0.25) is 0 Å². The lowest BCUT2D eigenvalue weighted by atomic mass is 9.44. The van der Waals surface area contributed by atoms with E-state index in [0.717, 1.165) is 25.2 Å². The first kappa shape index (κ1) is 19.2. The van der Waals surface area contributed by atoms with Crippen LogP contribution in [0.15, 0.2) is 0 Å². The molecule has 0 aromatic heterocycles. The van der Waals surface area contributed by atoms with Crippen molar-refractivity contribution in [2.45, 2.75) is 103 Å².